The molecule has 1 saturated heterocycles. The molecule has 1 unspecified atom stereocenters. The van der Waals surface area contributed by atoms with Gasteiger partial charge in [0.25, 0.3) is 11.7 Å². The summed E-state index contributed by atoms with van der Waals surface area (Å²) in [7, 11) is 1.43. The molecule has 1 amide bonds. The minimum absolute atomic E-state index is 0.00414. The molecule has 0 aliphatic carbocycles. The summed E-state index contributed by atoms with van der Waals surface area (Å²) in [5, 5.41) is 11.7. The van der Waals surface area contributed by atoms with Crippen LogP contribution in [0.2, 0.25) is 5.02 Å². The Morgan fingerprint density at radius 1 is 1.03 bits per heavy atom. The van der Waals surface area contributed by atoms with Gasteiger partial charge in [-0.15, -0.1) is 0 Å². The van der Waals surface area contributed by atoms with E-state index < -0.39 is 17.7 Å². The number of benzene rings is 3. The topological polar surface area (TPSA) is 76.1 Å². The highest BCUT2D eigenvalue weighted by molar-refractivity contribution is 6.51. The van der Waals surface area contributed by atoms with Crippen molar-refractivity contribution in [3.8, 4) is 11.5 Å². The highest BCUT2D eigenvalue weighted by Crippen LogP contribution is 2.44. The lowest BCUT2D eigenvalue weighted by molar-refractivity contribution is -0.132. The molecule has 0 radical (unpaired) electrons. The zero-order valence-electron chi connectivity index (χ0n) is 19.9. The van der Waals surface area contributed by atoms with Gasteiger partial charge in [0.1, 0.15) is 17.3 Å². The molecule has 1 aliphatic rings. The summed E-state index contributed by atoms with van der Waals surface area (Å²) in [5.74, 6) is -1.00. The average molecular weight is 492 g/mol. The Labute approximate surface area is 209 Å². The monoisotopic (exact) mass is 491 g/mol. The number of carbonyl (C=O) groups is 2. The second-order valence-corrected chi connectivity index (χ2v) is 8.98. The molecule has 0 aromatic heterocycles. The number of Topliss-reactive ketones (excluding diaryl/α,β-unsaturated/α-hetero) is 1. The summed E-state index contributed by atoms with van der Waals surface area (Å²) in [5.41, 5.74) is 2.16. The summed E-state index contributed by atoms with van der Waals surface area (Å²) in [4.78, 5) is 28.1. The average Bonchev–Trinajstić information content (AvgIpc) is 3.09. The van der Waals surface area contributed by atoms with Crippen molar-refractivity contribution >= 4 is 34.7 Å². The van der Waals surface area contributed by atoms with Gasteiger partial charge in [-0.1, -0.05) is 41.9 Å². The standard InChI is InChI=1S/C28H26ClNO5/c1-16(2)35-20-12-10-19(11-13-20)30-24(18-8-6-5-7-9-18)23(26(32)28(30)33)25(31)21-14-17(3)15-22(29)27(21)34-4/h5-16,24,31H,1-4H3/b25-23+. The van der Waals surface area contributed by atoms with Crippen LogP contribution in [0.15, 0.2) is 72.3 Å². The van der Waals surface area contributed by atoms with Crippen molar-refractivity contribution in [2.75, 3.05) is 12.0 Å². The summed E-state index contributed by atoms with van der Waals surface area (Å²) in [6, 6.07) is 18.6. The first-order valence-corrected chi connectivity index (χ1v) is 11.6. The molecule has 180 valence electrons. The van der Waals surface area contributed by atoms with Crippen LogP contribution in [-0.4, -0.2) is 30.0 Å². The molecule has 35 heavy (non-hydrogen) atoms. The minimum Gasteiger partial charge on any atom is -0.507 e. The van der Waals surface area contributed by atoms with Gasteiger partial charge in [0, 0.05) is 5.69 Å². The summed E-state index contributed by atoms with van der Waals surface area (Å²) < 4.78 is 11.1. The van der Waals surface area contributed by atoms with Crippen LogP contribution >= 0.6 is 11.6 Å². The number of aryl methyl sites for hydroxylation is 1. The first-order chi connectivity index (χ1) is 16.7. The van der Waals surface area contributed by atoms with Crippen molar-refractivity contribution in [1.82, 2.24) is 0 Å². The van der Waals surface area contributed by atoms with E-state index in [4.69, 9.17) is 21.1 Å². The molecule has 0 saturated carbocycles. The number of amides is 1. The number of aliphatic hydroxyl groups is 1. The number of carbonyl (C=O) groups excluding carboxylic acids is 2. The normalized spacial score (nSPS) is 17.2. The van der Waals surface area contributed by atoms with Crippen LogP contribution in [0.3, 0.4) is 0 Å². The van der Waals surface area contributed by atoms with Crippen molar-refractivity contribution in [2.45, 2.75) is 32.9 Å². The number of halogens is 1. The highest BCUT2D eigenvalue weighted by atomic mass is 35.5. The molecule has 7 heteroatoms. The van der Waals surface area contributed by atoms with Gasteiger partial charge >= 0.3 is 0 Å². The van der Waals surface area contributed by atoms with Gasteiger partial charge in [-0.05, 0) is 68.3 Å². The zero-order valence-corrected chi connectivity index (χ0v) is 20.7. The molecule has 0 bridgehead atoms. The molecule has 0 spiro atoms. The molecule has 1 heterocycles. The second kappa shape index (κ2) is 9.84. The fourth-order valence-electron chi connectivity index (χ4n) is 4.26. The quantitative estimate of drug-likeness (QED) is 0.257. The Hall–Kier alpha value is -3.77. The van der Waals surface area contributed by atoms with Crippen LogP contribution in [0.5, 0.6) is 11.5 Å². The third-order valence-electron chi connectivity index (χ3n) is 5.69. The van der Waals surface area contributed by atoms with Crippen LogP contribution in [0.1, 0.15) is 36.6 Å². The summed E-state index contributed by atoms with van der Waals surface area (Å²) in [6.07, 6.45) is -0.00414. The largest absolute Gasteiger partial charge is 0.507 e. The lowest BCUT2D eigenvalue weighted by Gasteiger charge is -2.26. The second-order valence-electron chi connectivity index (χ2n) is 8.57. The molecule has 6 nitrogen and oxygen atoms in total. The van der Waals surface area contributed by atoms with Gasteiger partial charge in [-0.25, -0.2) is 0 Å². The molecule has 1 N–H and O–H groups in total. The highest BCUT2D eigenvalue weighted by Gasteiger charge is 2.47. The van der Waals surface area contributed by atoms with E-state index in [9.17, 15) is 14.7 Å². The van der Waals surface area contributed by atoms with Crippen LogP contribution in [0, 0.1) is 6.92 Å². The fourth-order valence-corrected chi connectivity index (χ4v) is 4.62. The predicted octanol–water partition coefficient (Wildman–Crippen LogP) is 6.07. The van der Waals surface area contributed by atoms with Crippen molar-refractivity contribution in [1.29, 1.82) is 0 Å². The molecule has 3 aromatic carbocycles. The molecule has 1 fully saturated rings. The van der Waals surface area contributed by atoms with Gasteiger partial charge < -0.3 is 14.6 Å². The molecule has 4 rings (SSSR count). The third kappa shape index (κ3) is 4.62. The Morgan fingerprint density at radius 3 is 2.29 bits per heavy atom. The molecule has 3 aromatic rings. The van der Waals surface area contributed by atoms with E-state index in [1.54, 1.807) is 36.4 Å². The number of aliphatic hydroxyl groups excluding tert-OH is 1. The predicted molar refractivity (Wildman–Crippen MR) is 136 cm³/mol. The first kappa shape index (κ1) is 24.4. The number of hydrogen-bond acceptors (Lipinski definition) is 5. The zero-order chi connectivity index (χ0) is 25.3. The first-order valence-electron chi connectivity index (χ1n) is 11.2. The number of rotatable bonds is 6. The van der Waals surface area contributed by atoms with Gasteiger partial charge in [0.15, 0.2) is 0 Å². The number of hydrogen-bond donors (Lipinski definition) is 1. The van der Waals surface area contributed by atoms with Gasteiger partial charge in [0.2, 0.25) is 0 Å². The lowest BCUT2D eigenvalue weighted by atomic mass is 9.94. The van der Waals surface area contributed by atoms with E-state index in [2.05, 4.69) is 0 Å². The van der Waals surface area contributed by atoms with Gasteiger partial charge in [0.05, 0.1) is 35.4 Å². The summed E-state index contributed by atoms with van der Waals surface area (Å²) in [6.45, 7) is 5.66. The summed E-state index contributed by atoms with van der Waals surface area (Å²) >= 11 is 6.35. The van der Waals surface area contributed by atoms with Crippen molar-refractivity contribution in [2.24, 2.45) is 0 Å². The van der Waals surface area contributed by atoms with Crippen molar-refractivity contribution < 1.29 is 24.2 Å². The Balaban J connectivity index is 1.92. The van der Waals surface area contributed by atoms with Crippen molar-refractivity contribution in [3.05, 3.63) is 94.0 Å². The number of nitrogens with zero attached hydrogens (tertiary/aromatic N) is 1. The van der Waals surface area contributed by atoms with Crippen LogP contribution in [0.4, 0.5) is 5.69 Å². The minimum atomic E-state index is -0.850. The van der Waals surface area contributed by atoms with Crippen molar-refractivity contribution in [3.63, 3.8) is 0 Å². The lowest BCUT2D eigenvalue weighted by Crippen LogP contribution is -2.29. The maximum atomic E-state index is 13.4. The van der Waals surface area contributed by atoms with Crippen LogP contribution in [0.25, 0.3) is 5.76 Å². The van der Waals surface area contributed by atoms with E-state index in [-0.39, 0.29) is 28.7 Å². The molecular formula is C28H26ClNO5. The Kier molecular flexibility index (Phi) is 6.85. The number of anilines is 1. The van der Waals surface area contributed by atoms with E-state index >= 15 is 0 Å². The van der Waals surface area contributed by atoms with Gasteiger partial charge in [-0.3, -0.25) is 14.5 Å². The smallest absolute Gasteiger partial charge is 0.300 e. The van der Waals surface area contributed by atoms with Gasteiger partial charge in [-0.2, -0.15) is 0 Å². The maximum absolute atomic E-state index is 13.4. The Morgan fingerprint density at radius 2 is 1.69 bits per heavy atom. The SMILES string of the molecule is COc1c(Cl)cc(C)cc1/C(O)=C1\C(=O)C(=O)N(c2ccc(OC(C)C)cc2)C1c1ccccc1. The maximum Gasteiger partial charge on any atom is 0.300 e. The third-order valence-corrected chi connectivity index (χ3v) is 5.97. The van der Waals surface area contributed by atoms with Crippen LogP contribution < -0.4 is 14.4 Å². The van der Waals surface area contributed by atoms with Crippen LogP contribution in [-0.2, 0) is 9.59 Å². The van der Waals surface area contributed by atoms with E-state index in [0.29, 0.717) is 22.0 Å². The van der Waals surface area contributed by atoms with E-state index in [1.165, 1.54) is 12.0 Å². The van der Waals surface area contributed by atoms with E-state index in [1.807, 2.05) is 51.1 Å². The molecule has 1 aliphatic heterocycles. The molecular weight excluding hydrogens is 466 g/mol. The number of ether oxygens (including phenoxy) is 2. The Bertz CT molecular complexity index is 1300. The number of methoxy groups -OCH3 is 1. The number of ketones is 1. The molecule has 1 atom stereocenters. The van der Waals surface area contributed by atoms with E-state index in [0.717, 1.165) is 5.56 Å². The fraction of sp³-hybridized carbons (Fsp3) is 0.214.